The normalized spacial score (nSPS) is 10.9. The van der Waals surface area contributed by atoms with Crippen molar-refractivity contribution in [3.05, 3.63) is 24.3 Å². The van der Waals surface area contributed by atoms with Crippen LogP contribution in [-0.4, -0.2) is 35.9 Å². The molecule has 0 bridgehead atoms. The molecule has 0 aromatic heterocycles. The molecule has 1 aromatic carbocycles. The third-order valence-corrected chi connectivity index (χ3v) is 3.13. The Morgan fingerprint density at radius 1 is 1.19 bits per heavy atom. The maximum absolute atomic E-state index is 11.9. The lowest BCUT2D eigenvalue weighted by Crippen LogP contribution is -2.45. The average Bonchev–Trinajstić information content (AvgIpc) is 2.37. The van der Waals surface area contributed by atoms with Gasteiger partial charge in [0.1, 0.15) is 5.75 Å². The molecule has 0 aliphatic rings. The number of nitrogens with one attached hydrogen (secondary N) is 1. The van der Waals surface area contributed by atoms with Crippen molar-refractivity contribution < 1.29 is 14.3 Å². The molecule has 0 aliphatic carbocycles. The highest BCUT2D eigenvalue weighted by atomic mass is 16.5. The number of methoxy groups -OCH3 is 1. The molecule has 0 spiro atoms. The zero-order valence-electron chi connectivity index (χ0n) is 13.4. The Morgan fingerprint density at radius 3 is 2.19 bits per heavy atom. The van der Waals surface area contributed by atoms with Gasteiger partial charge in [0.05, 0.1) is 7.11 Å². The number of hydrogen-bond acceptors (Lipinski definition) is 3. The number of amides is 2. The van der Waals surface area contributed by atoms with E-state index in [0.717, 1.165) is 5.75 Å². The van der Waals surface area contributed by atoms with Crippen molar-refractivity contribution in [2.24, 2.45) is 0 Å². The summed E-state index contributed by atoms with van der Waals surface area (Å²) in [7, 11) is 1.59. The summed E-state index contributed by atoms with van der Waals surface area (Å²) in [5.74, 6) is 0.596. The Bertz CT molecular complexity index is 489. The van der Waals surface area contributed by atoms with Crippen LogP contribution in [-0.2, 0) is 9.59 Å². The van der Waals surface area contributed by atoms with Crippen LogP contribution in [0.2, 0.25) is 0 Å². The lowest BCUT2D eigenvalue weighted by molar-refractivity contribution is -0.134. The Balaban J connectivity index is 2.54. The first-order valence-corrected chi connectivity index (χ1v) is 6.96. The van der Waals surface area contributed by atoms with E-state index in [0.29, 0.717) is 12.2 Å². The van der Waals surface area contributed by atoms with Crippen LogP contribution >= 0.6 is 0 Å². The molecule has 0 saturated carbocycles. The molecule has 0 aliphatic heterocycles. The van der Waals surface area contributed by atoms with Gasteiger partial charge in [0.2, 0.25) is 11.8 Å². The molecule has 0 atom stereocenters. The third-order valence-electron chi connectivity index (χ3n) is 3.13. The number of hydrogen-bond donors (Lipinski definition) is 1. The molecule has 1 N–H and O–H groups in total. The predicted molar refractivity (Wildman–Crippen MR) is 83.4 cm³/mol. The van der Waals surface area contributed by atoms with Gasteiger partial charge in [-0.25, -0.2) is 0 Å². The summed E-state index contributed by atoms with van der Waals surface area (Å²) in [6, 6.07) is 7.13. The van der Waals surface area contributed by atoms with E-state index >= 15 is 0 Å². The lowest BCUT2D eigenvalue weighted by atomic mass is 10.1. The van der Waals surface area contributed by atoms with Crippen LogP contribution in [0.15, 0.2) is 24.3 Å². The van der Waals surface area contributed by atoms with Gasteiger partial charge in [0.25, 0.3) is 0 Å². The Hall–Kier alpha value is -2.04. The summed E-state index contributed by atoms with van der Waals surface area (Å²) >= 11 is 0. The SMILES string of the molecule is COc1ccc(NC(=O)CCN(C(C)=O)C(C)(C)C)cc1. The molecule has 0 heterocycles. The van der Waals surface area contributed by atoms with Gasteiger partial charge in [-0.05, 0) is 45.0 Å². The minimum absolute atomic E-state index is 0.0280. The highest BCUT2D eigenvalue weighted by Crippen LogP contribution is 2.16. The van der Waals surface area contributed by atoms with Crippen molar-refractivity contribution in [3.8, 4) is 5.75 Å². The van der Waals surface area contributed by atoms with E-state index in [1.807, 2.05) is 20.8 Å². The van der Waals surface area contributed by atoms with Gasteiger partial charge in [-0.2, -0.15) is 0 Å². The molecule has 0 radical (unpaired) electrons. The first-order chi connectivity index (χ1) is 9.74. The third kappa shape index (κ3) is 5.45. The number of rotatable bonds is 5. The standard InChI is InChI=1S/C16H24N2O3/c1-12(19)18(16(2,3)4)11-10-15(20)17-13-6-8-14(21-5)9-7-13/h6-9H,10-11H2,1-5H3,(H,17,20). The van der Waals surface area contributed by atoms with Crippen LogP contribution in [0.25, 0.3) is 0 Å². The van der Waals surface area contributed by atoms with Crippen molar-refractivity contribution >= 4 is 17.5 Å². The number of carbonyl (C=O) groups excluding carboxylic acids is 2. The number of carbonyl (C=O) groups is 2. The fraction of sp³-hybridized carbons (Fsp3) is 0.500. The number of nitrogens with zero attached hydrogens (tertiary/aromatic N) is 1. The maximum atomic E-state index is 11.9. The molecule has 5 heteroatoms. The average molecular weight is 292 g/mol. The van der Waals surface area contributed by atoms with Crippen LogP contribution in [0.5, 0.6) is 5.75 Å². The molecule has 21 heavy (non-hydrogen) atoms. The molecular formula is C16H24N2O3. The smallest absolute Gasteiger partial charge is 0.226 e. The van der Waals surface area contributed by atoms with Crippen LogP contribution in [0.4, 0.5) is 5.69 Å². The summed E-state index contributed by atoms with van der Waals surface area (Å²) in [5, 5.41) is 2.81. The zero-order valence-corrected chi connectivity index (χ0v) is 13.4. The van der Waals surface area contributed by atoms with Gasteiger partial charge in [0, 0.05) is 31.1 Å². The molecule has 1 aromatic rings. The Kier molecular flexibility index (Phi) is 5.76. The van der Waals surface area contributed by atoms with E-state index < -0.39 is 0 Å². The topological polar surface area (TPSA) is 58.6 Å². The van der Waals surface area contributed by atoms with Gasteiger partial charge in [-0.3, -0.25) is 9.59 Å². The van der Waals surface area contributed by atoms with Gasteiger partial charge in [-0.15, -0.1) is 0 Å². The van der Waals surface area contributed by atoms with E-state index in [1.54, 1.807) is 36.3 Å². The second-order valence-electron chi connectivity index (χ2n) is 5.87. The highest BCUT2D eigenvalue weighted by molar-refractivity contribution is 5.91. The molecule has 1 rings (SSSR count). The van der Waals surface area contributed by atoms with Crippen LogP contribution < -0.4 is 10.1 Å². The van der Waals surface area contributed by atoms with E-state index in [1.165, 1.54) is 6.92 Å². The summed E-state index contributed by atoms with van der Waals surface area (Å²) in [6.07, 6.45) is 0.267. The first kappa shape index (κ1) is 17.0. The fourth-order valence-corrected chi connectivity index (χ4v) is 2.08. The van der Waals surface area contributed by atoms with Gasteiger partial charge >= 0.3 is 0 Å². The van der Waals surface area contributed by atoms with Crippen molar-refractivity contribution in [1.29, 1.82) is 0 Å². The minimum Gasteiger partial charge on any atom is -0.497 e. The minimum atomic E-state index is -0.285. The molecule has 2 amide bonds. The van der Waals surface area contributed by atoms with E-state index in [2.05, 4.69) is 5.32 Å². The van der Waals surface area contributed by atoms with E-state index in [4.69, 9.17) is 4.74 Å². The molecule has 5 nitrogen and oxygen atoms in total. The molecule has 0 unspecified atom stereocenters. The van der Waals surface area contributed by atoms with Crippen molar-refractivity contribution in [2.45, 2.75) is 39.7 Å². The molecule has 116 valence electrons. The maximum Gasteiger partial charge on any atom is 0.226 e. The van der Waals surface area contributed by atoms with Crippen LogP contribution in [0, 0.1) is 0 Å². The van der Waals surface area contributed by atoms with E-state index in [-0.39, 0.29) is 23.8 Å². The van der Waals surface area contributed by atoms with Gasteiger partial charge in [-0.1, -0.05) is 0 Å². The molecular weight excluding hydrogens is 268 g/mol. The van der Waals surface area contributed by atoms with E-state index in [9.17, 15) is 9.59 Å². The van der Waals surface area contributed by atoms with Crippen molar-refractivity contribution in [2.75, 3.05) is 19.0 Å². The quantitative estimate of drug-likeness (QED) is 0.907. The second-order valence-corrected chi connectivity index (χ2v) is 5.87. The summed E-state index contributed by atoms with van der Waals surface area (Å²) in [6.45, 7) is 7.79. The van der Waals surface area contributed by atoms with Crippen molar-refractivity contribution in [3.63, 3.8) is 0 Å². The number of anilines is 1. The monoisotopic (exact) mass is 292 g/mol. The molecule has 0 saturated heterocycles. The summed E-state index contributed by atoms with van der Waals surface area (Å²) < 4.78 is 5.06. The Morgan fingerprint density at radius 2 is 1.76 bits per heavy atom. The summed E-state index contributed by atoms with van der Waals surface area (Å²) in [4.78, 5) is 25.2. The second kappa shape index (κ2) is 7.11. The van der Waals surface area contributed by atoms with Crippen molar-refractivity contribution in [1.82, 2.24) is 4.90 Å². The largest absolute Gasteiger partial charge is 0.497 e. The van der Waals surface area contributed by atoms with Gasteiger partial charge < -0.3 is 15.0 Å². The van der Waals surface area contributed by atoms with Crippen LogP contribution in [0.3, 0.4) is 0 Å². The zero-order chi connectivity index (χ0) is 16.0. The highest BCUT2D eigenvalue weighted by Gasteiger charge is 2.23. The number of ether oxygens (including phenoxy) is 1. The Labute approximate surface area is 126 Å². The number of benzene rings is 1. The lowest BCUT2D eigenvalue weighted by Gasteiger charge is -2.34. The summed E-state index contributed by atoms with van der Waals surface area (Å²) in [5.41, 5.74) is 0.428. The molecule has 0 fully saturated rings. The van der Waals surface area contributed by atoms with Crippen LogP contribution in [0.1, 0.15) is 34.1 Å². The van der Waals surface area contributed by atoms with Gasteiger partial charge in [0.15, 0.2) is 0 Å². The first-order valence-electron chi connectivity index (χ1n) is 6.96. The fourth-order valence-electron chi connectivity index (χ4n) is 2.08. The predicted octanol–water partition coefficient (Wildman–Crippen LogP) is 2.67.